The van der Waals surface area contributed by atoms with Crippen molar-refractivity contribution in [3.05, 3.63) is 56.7 Å². The largest absolute Gasteiger partial charge is 0.357 e. The van der Waals surface area contributed by atoms with E-state index in [4.69, 9.17) is 0 Å². The number of nitrogens with zero attached hydrogens (tertiary/aromatic N) is 1. The molecule has 2 aromatic rings. The van der Waals surface area contributed by atoms with Gasteiger partial charge in [0.1, 0.15) is 0 Å². The number of hydrogen-bond donors (Lipinski definition) is 2. The summed E-state index contributed by atoms with van der Waals surface area (Å²) >= 11 is 5.23. The van der Waals surface area contributed by atoms with Crippen molar-refractivity contribution in [1.82, 2.24) is 10.6 Å². The highest BCUT2D eigenvalue weighted by atomic mass is 79.9. The molecule has 2 N–H and O–H groups in total. The Balaban J connectivity index is 1.94. The van der Waals surface area contributed by atoms with Crippen LogP contribution in [0.25, 0.3) is 0 Å². The molecule has 1 heterocycles. The van der Waals surface area contributed by atoms with E-state index in [1.54, 1.807) is 11.3 Å². The molecular weight excluding hydrogens is 334 g/mol. The maximum Gasteiger partial charge on any atom is 0.191 e. The van der Waals surface area contributed by atoms with Gasteiger partial charge in [-0.2, -0.15) is 0 Å². The fourth-order valence-electron chi connectivity index (χ4n) is 1.73. The van der Waals surface area contributed by atoms with Crippen molar-refractivity contribution in [3.8, 4) is 0 Å². The zero-order chi connectivity index (χ0) is 14.2. The van der Waals surface area contributed by atoms with Crippen molar-refractivity contribution >= 4 is 33.2 Å². The van der Waals surface area contributed by atoms with Crippen LogP contribution in [0.15, 0.2) is 51.2 Å². The average Bonchev–Trinajstić information content (AvgIpc) is 2.95. The molecule has 0 radical (unpaired) electrons. The molecule has 0 aliphatic rings. The average molecular weight is 352 g/mol. The first-order chi connectivity index (χ1) is 9.78. The van der Waals surface area contributed by atoms with Crippen molar-refractivity contribution in [3.63, 3.8) is 0 Å². The first-order valence-electron chi connectivity index (χ1n) is 6.57. The molecule has 1 aromatic carbocycles. The molecule has 3 nitrogen and oxygen atoms in total. The Kier molecular flexibility index (Phi) is 6.08. The molecule has 1 aromatic heterocycles. The van der Waals surface area contributed by atoms with Crippen LogP contribution in [-0.4, -0.2) is 12.5 Å². The minimum absolute atomic E-state index is 0.666. The third-order valence-corrected chi connectivity index (χ3v) is 4.03. The van der Waals surface area contributed by atoms with Crippen LogP contribution in [0.2, 0.25) is 0 Å². The summed E-state index contributed by atoms with van der Waals surface area (Å²) in [5.74, 6) is 0.848. The normalized spacial score (nSPS) is 11.4. The number of aliphatic imine (C=N–C) groups is 1. The molecule has 0 amide bonds. The summed E-state index contributed by atoms with van der Waals surface area (Å²) in [5, 5.41) is 8.69. The second kappa shape index (κ2) is 8.07. The van der Waals surface area contributed by atoms with Gasteiger partial charge in [0.2, 0.25) is 0 Å². The Labute approximate surface area is 132 Å². The Bertz CT molecular complexity index is 552. The van der Waals surface area contributed by atoms with Crippen molar-refractivity contribution in [2.24, 2.45) is 4.99 Å². The molecule has 0 fully saturated rings. The van der Waals surface area contributed by atoms with Crippen molar-refractivity contribution in [1.29, 1.82) is 0 Å². The third-order valence-electron chi connectivity index (χ3n) is 2.66. The fourth-order valence-corrected chi connectivity index (χ4v) is 2.82. The highest BCUT2D eigenvalue weighted by Crippen LogP contribution is 2.12. The van der Waals surface area contributed by atoms with E-state index in [9.17, 15) is 0 Å². The van der Waals surface area contributed by atoms with E-state index >= 15 is 0 Å². The van der Waals surface area contributed by atoms with Crippen LogP contribution in [0.1, 0.15) is 17.4 Å². The van der Waals surface area contributed by atoms with Crippen LogP contribution >= 0.6 is 27.3 Å². The maximum atomic E-state index is 4.60. The third kappa shape index (κ3) is 4.98. The molecule has 5 heteroatoms. The molecule has 106 valence electrons. The van der Waals surface area contributed by atoms with Gasteiger partial charge in [-0.3, -0.25) is 0 Å². The van der Waals surface area contributed by atoms with Crippen LogP contribution < -0.4 is 10.6 Å². The predicted octanol–water partition coefficient (Wildman–Crippen LogP) is 3.77. The smallest absolute Gasteiger partial charge is 0.191 e. The molecule has 0 saturated heterocycles. The lowest BCUT2D eigenvalue weighted by molar-refractivity contribution is 0.823. The van der Waals surface area contributed by atoms with Gasteiger partial charge in [0.15, 0.2) is 5.96 Å². The summed E-state index contributed by atoms with van der Waals surface area (Å²) < 4.78 is 1.08. The van der Waals surface area contributed by atoms with Gasteiger partial charge < -0.3 is 10.6 Å². The van der Waals surface area contributed by atoms with Gasteiger partial charge in [-0.05, 0) is 36.1 Å². The molecule has 0 unspecified atom stereocenters. The summed E-state index contributed by atoms with van der Waals surface area (Å²) in [6.07, 6.45) is 0. The highest BCUT2D eigenvalue weighted by molar-refractivity contribution is 9.10. The van der Waals surface area contributed by atoms with Crippen molar-refractivity contribution in [2.75, 3.05) is 6.54 Å². The Morgan fingerprint density at radius 2 is 2.15 bits per heavy atom. The number of rotatable bonds is 5. The van der Waals surface area contributed by atoms with Crippen molar-refractivity contribution in [2.45, 2.75) is 20.0 Å². The lowest BCUT2D eigenvalue weighted by Crippen LogP contribution is -2.36. The van der Waals surface area contributed by atoms with E-state index in [0.717, 1.165) is 23.5 Å². The molecule has 2 rings (SSSR count). The summed E-state index contributed by atoms with van der Waals surface area (Å²) in [5.41, 5.74) is 1.19. The quantitative estimate of drug-likeness (QED) is 0.635. The van der Waals surface area contributed by atoms with Gasteiger partial charge in [0, 0.05) is 15.9 Å². The Morgan fingerprint density at radius 1 is 1.25 bits per heavy atom. The number of halogens is 1. The zero-order valence-electron chi connectivity index (χ0n) is 11.4. The van der Waals surface area contributed by atoms with Gasteiger partial charge in [-0.25, -0.2) is 4.99 Å². The lowest BCUT2D eigenvalue weighted by Gasteiger charge is -2.10. The second-order valence-corrected chi connectivity index (χ2v) is 6.21. The van der Waals surface area contributed by atoms with E-state index in [-0.39, 0.29) is 0 Å². The standard InChI is InChI=1S/C15H18BrN3S/c1-2-17-15(19-11-14-7-4-8-20-14)18-10-12-5-3-6-13(16)9-12/h3-9H,2,10-11H2,1H3,(H2,17,18,19). The molecule has 0 aliphatic heterocycles. The fraction of sp³-hybridized carbons (Fsp3) is 0.267. The van der Waals surface area contributed by atoms with Crippen LogP contribution in [0, 0.1) is 0 Å². The molecule has 0 bridgehead atoms. The predicted molar refractivity (Wildman–Crippen MR) is 90.1 cm³/mol. The van der Waals surface area contributed by atoms with E-state index in [2.05, 4.69) is 68.1 Å². The molecular formula is C15H18BrN3S. The number of hydrogen-bond acceptors (Lipinski definition) is 2. The monoisotopic (exact) mass is 351 g/mol. The van der Waals surface area contributed by atoms with E-state index < -0.39 is 0 Å². The van der Waals surface area contributed by atoms with Gasteiger partial charge in [0.25, 0.3) is 0 Å². The van der Waals surface area contributed by atoms with Gasteiger partial charge in [-0.15, -0.1) is 11.3 Å². The zero-order valence-corrected chi connectivity index (χ0v) is 13.8. The second-order valence-electron chi connectivity index (χ2n) is 4.26. The van der Waals surface area contributed by atoms with Gasteiger partial charge >= 0.3 is 0 Å². The summed E-state index contributed by atoms with van der Waals surface area (Å²) in [4.78, 5) is 5.91. The molecule has 0 atom stereocenters. The van der Waals surface area contributed by atoms with Crippen LogP contribution in [-0.2, 0) is 13.1 Å². The lowest BCUT2D eigenvalue weighted by atomic mass is 10.2. The first-order valence-corrected chi connectivity index (χ1v) is 8.24. The number of nitrogens with one attached hydrogen (secondary N) is 2. The van der Waals surface area contributed by atoms with Crippen LogP contribution in [0.4, 0.5) is 0 Å². The summed E-state index contributed by atoms with van der Waals surface area (Å²) in [6.45, 7) is 4.40. The van der Waals surface area contributed by atoms with Gasteiger partial charge in [0.05, 0.1) is 13.1 Å². The molecule has 0 saturated carbocycles. The first kappa shape index (κ1) is 15.1. The van der Waals surface area contributed by atoms with Crippen LogP contribution in [0.5, 0.6) is 0 Å². The minimum atomic E-state index is 0.666. The number of benzene rings is 1. The number of guanidine groups is 1. The van der Waals surface area contributed by atoms with Crippen molar-refractivity contribution < 1.29 is 0 Å². The SMILES string of the molecule is CCNC(=NCc1cccc(Br)c1)NCc1cccs1. The minimum Gasteiger partial charge on any atom is -0.357 e. The Morgan fingerprint density at radius 3 is 2.85 bits per heavy atom. The maximum absolute atomic E-state index is 4.60. The van der Waals surface area contributed by atoms with E-state index in [1.165, 1.54) is 10.4 Å². The molecule has 20 heavy (non-hydrogen) atoms. The molecule has 0 aliphatic carbocycles. The summed E-state index contributed by atoms with van der Waals surface area (Å²) in [7, 11) is 0. The van der Waals surface area contributed by atoms with E-state index in [0.29, 0.717) is 6.54 Å². The highest BCUT2D eigenvalue weighted by Gasteiger charge is 1.99. The summed E-state index contributed by atoms with van der Waals surface area (Å²) in [6, 6.07) is 12.4. The van der Waals surface area contributed by atoms with Gasteiger partial charge in [-0.1, -0.05) is 34.1 Å². The number of thiophene rings is 1. The van der Waals surface area contributed by atoms with E-state index in [1.807, 2.05) is 12.1 Å². The molecule has 0 spiro atoms. The Hall–Kier alpha value is -1.33. The topological polar surface area (TPSA) is 36.4 Å². The van der Waals surface area contributed by atoms with Crippen LogP contribution in [0.3, 0.4) is 0 Å².